The van der Waals surface area contributed by atoms with Gasteiger partial charge in [-0.2, -0.15) is 0 Å². The molecule has 1 rings (SSSR count). The van der Waals surface area contributed by atoms with Crippen molar-refractivity contribution in [3.8, 4) is 5.75 Å². The highest BCUT2D eigenvalue weighted by Gasteiger charge is 1.92. The first-order valence-electron chi connectivity index (χ1n) is 3.78. The highest BCUT2D eigenvalue weighted by atomic mass is 16.5. The topological polar surface area (TPSA) is 48.1 Å². The van der Waals surface area contributed by atoms with Gasteiger partial charge in [-0.25, -0.2) is 0 Å². The van der Waals surface area contributed by atoms with Crippen LogP contribution in [0.15, 0.2) is 24.9 Å². The molecule has 1 heterocycles. The minimum Gasteiger partial charge on any atom is -0.491 e. The average molecular weight is 164 g/mol. The molecule has 0 spiro atoms. The van der Waals surface area contributed by atoms with Crippen molar-refractivity contribution in [2.24, 2.45) is 5.73 Å². The maximum Gasteiger partial charge on any atom is 0.137 e. The molecular weight excluding hydrogens is 152 g/mol. The van der Waals surface area contributed by atoms with Crippen LogP contribution in [0.4, 0.5) is 0 Å². The molecular formula is C9H12N2O. The fourth-order valence-corrected chi connectivity index (χ4v) is 0.775. The Morgan fingerprint density at radius 3 is 2.92 bits per heavy atom. The van der Waals surface area contributed by atoms with E-state index in [1.165, 1.54) is 0 Å². The van der Waals surface area contributed by atoms with Crippen LogP contribution in [0.1, 0.15) is 5.69 Å². The standard InChI is InChI=1S/C9H12N2O/c1-2-8-3-4-9(7-11-8)12-6-5-10/h2-4,7H,1,5-6,10H2. The van der Waals surface area contributed by atoms with Crippen molar-refractivity contribution in [2.45, 2.75) is 0 Å². The molecule has 0 atom stereocenters. The molecule has 64 valence electrons. The minimum absolute atomic E-state index is 0.517. The predicted octanol–water partition coefficient (Wildman–Crippen LogP) is 1.06. The molecule has 0 aromatic carbocycles. The summed E-state index contributed by atoms with van der Waals surface area (Å²) >= 11 is 0. The van der Waals surface area contributed by atoms with E-state index in [0.29, 0.717) is 13.2 Å². The van der Waals surface area contributed by atoms with Gasteiger partial charge in [0, 0.05) is 6.54 Å². The molecule has 0 bridgehead atoms. The molecule has 0 aliphatic rings. The van der Waals surface area contributed by atoms with Crippen LogP contribution in [0.25, 0.3) is 6.08 Å². The quantitative estimate of drug-likeness (QED) is 0.723. The molecule has 0 aliphatic carbocycles. The van der Waals surface area contributed by atoms with E-state index in [0.717, 1.165) is 11.4 Å². The van der Waals surface area contributed by atoms with Crippen LogP contribution in [-0.4, -0.2) is 18.1 Å². The molecule has 1 aromatic rings. The van der Waals surface area contributed by atoms with Gasteiger partial charge in [0.25, 0.3) is 0 Å². The van der Waals surface area contributed by atoms with Crippen LogP contribution in [0, 0.1) is 0 Å². The normalized spacial score (nSPS) is 9.42. The van der Waals surface area contributed by atoms with Crippen LogP contribution in [0.5, 0.6) is 5.75 Å². The zero-order chi connectivity index (χ0) is 8.81. The van der Waals surface area contributed by atoms with E-state index in [1.54, 1.807) is 12.3 Å². The third-order valence-electron chi connectivity index (χ3n) is 1.35. The van der Waals surface area contributed by atoms with Gasteiger partial charge in [0.15, 0.2) is 0 Å². The number of hydrogen-bond acceptors (Lipinski definition) is 3. The fourth-order valence-electron chi connectivity index (χ4n) is 0.775. The lowest BCUT2D eigenvalue weighted by molar-refractivity contribution is 0.327. The summed E-state index contributed by atoms with van der Waals surface area (Å²) in [4.78, 5) is 4.07. The highest BCUT2D eigenvalue weighted by molar-refractivity contribution is 5.42. The Labute approximate surface area is 71.9 Å². The number of hydrogen-bond donors (Lipinski definition) is 1. The zero-order valence-corrected chi connectivity index (χ0v) is 6.86. The predicted molar refractivity (Wildman–Crippen MR) is 48.9 cm³/mol. The Hall–Kier alpha value is -1.35. The molecule has 0 unspecified atom stereocenters. The lowest BCUT2D eigenvalue weighted by Crippen LogP contribution is -2.10. The lowest BCUT2D eigenvalue weighted by Gasteiger charge is -2.02. The molecule has 3 heteroatoms. The highest BCUT2D eigenvalue weighted by Crippen LogP contribution is 2.08. The summed E-state index contributed by atoms with van der Waals surface area (Å²) < 4.78 is 5.23. The molecule has 0 saturated heterocycles. The van der Waals surface area contributed by atoms with Gasteiger partial charge in [0.1, 0.15) is 12.4 Å². The summed E-state index contributed by atoms with van der Waals surface area (Å²) in [5.74, 6) is 0.742. The van der Waals surface area contributed by atoms with Crippen molar-refractivity contribution in [3.63, 3.8) is 0 Å². The van der Waals surface area contributed by atoms with Gasteiger partial charge < -0.3 is 10.5 Å². The second-order valence-electron chi connectivity index (χ2n) is 2.26. The Morgan fingerprint density at radius 2 is 2.42 bits per heavy atom. The first-order chi connectivity index (χ1) is 5.86. The Balaban J connectivity index is 2.58. The number of ether oxygens (including phenoxy) is 1. The monoisotopic (exact) mass is 164 g/mol. The van der Waals surface area contributed by atoms with E-state index < -0.39 is 0 Å². The summed E-state index contributed by atoms with van der Waals surface area (Å²) in [6.45, 7) is 4.64. The van der Waals surface area contributed by atoms with Gasteiger partial charge in [-0.05, 0) is 18.2 Å². The minimum atomic E-state index is 0.517. The van der Waals surface area contributed by atoms with E-state index >= 15 is 0 Å². The molecule has 0 aliphatic heterocycles. The third-order valence-corrected chi connectivity index (χ3v) is 1.35. The molecule has 0 fully saturated rings. The van der Waals surface area contributed by atoms with Crippen molar-refractivity contribution < 1.29 is 4.74 Å². The SMILES string of the molecule is C=Cc1ccc(OCCN)cn1. The number of pyridine rings is 1. The number of nitrogens with two attached hydrogens (primary N) is 1. The summed E-state index contributed by atoms with van der Waals surface area (Å²) in [6, 6.07) is 3.69. The number of aromatic nitrogens is 1. The Bertz CT molecular complexity index is 243. The second kappa shape index (κ2) is 4.51. The molecule has 0 amide bonds. The molecule has 0 radical (unpaired) electrons. The van der Waals surface area contributed by atoms with Crippen molar-refractivity contribution in [1.82, 2.24) is 4.98 Å². The van der Waals surface area contributed by atoms with E-state index in [4.69, 9.17) is 10.5 Å². The average Bonchev–Trinajstić information content (AvgIpc) is 2.15. The lowest BCUT2D eigenvalue weighted by atomic mass is 10.3. The summed E-state index contributed by atoms with van der Waals surface area (Å²) in [7, 11) is 0. The van der Waals surface area contributed by atoms with Crippen LogP contribution >= 0.6 is 0 Å². The second-order valence-corrected chi connectivity index (χ2v) is 2.26. The third kappa shape index (κ3) is 2.36. The Morgan fingerprint density at radius 1 is 1.58 bits per heavy atom. The van der Waals surface area contributed by atoms with Gasteiger partial charge >= 0.3 is 0 Å². The van der Waals surface area contributed by atoms with Crippen molar-refractivity contribution >= 4 is 6.08 Å². The van der Waals surface area contributed by atoms with Crippen molar-refractivity contribution in [2.75, 3.05) is 13.2 Å². The van der Waals surface area contributed by atoms with Gasteiger partial charge in [0.05, 0.1) is 11.9 Å². The maximum absolute atomic E-state index is 5.27. The first-order valence-corrected chi connectivity index (χ1v) is 3.78. The number of nitrogens with zero attached hydrogens (tertiary/aromatic N) is 1. The van der Waals surface area contributed by atoms with E-state index in [-0.39, 0.29) is 0 Å². The van der Waals surface area contributed by atoms with Crippen LogP contribution in [-0.2, 0) is 0 Å². The summed E-state index contributed by atoms with van der Waals surface area (Å²) in [5, 5.41) is 0. The molecule has 0 saturated carbocycles. The van der Waals surface area contributed by atoms with Crippen LogP contribution in [0.3, 0.4) is 0 Å². The van der Waals surface area contributed by atoms with Crippen LogP contribution < -0.4 is 10.5 Å². The van der Waals surface area contributed by atoms with Crippen molar-refractivity contribution in [1.29, 1.82) is 0 Å². The van der Waals surface area contributed by atoms with Crippen LogP contribution in [0.2, 0.25) is 0 Å². The molecule has 1 aromatic heterocycles. The van der Waals surface area contributed by atoms with E-state index in [1.807, 2.05) is 12.1 Å². The molecule has 2 N–H and O–H groups in total. The van der Waals surface area contributed by atoms with Gasteiger partial charge in [-0.1, -0.05) is 6.58 Å². The smallest absolute Gasteiger partial charge is 0.137 e. The van der Waals surface area contributed by atoms with E-state index in [9.17, 15) is 0 Å². The molecule has 12 heavy (non-hydrogen) atoms. The number of rotatable bonds is 4. The largest absolute Gasteiger partial charge is 0.491 e. The van der Waals surface area contributed by atoms with E-state index in [2.05, 4.69) is 11.6 Å². The van der Waals surface area contributed by atoms with Gasteiger partial charge in [-0.15, -0.1) is 0 Å². The molecule has 3 nitrogen and oxygen atoms in total. The summed E-state index contributed by atoms with van der Waals surface area (Å²) in [6.07, 6.45) is 3.35. The maximum atomic E-state index is 5.27. The zero-order valence-electron chi connectivity index (χ0n) is 6.86. The Kier molecular flexibility index (Phi) is 3.29. The summed E-state index contributed by atoms with van der Waals surface area (Å²) in [5.41, 5.74) is 6.11. The van der Waals surface area contributed by atoms with Crippen molar-refractivity contribution in [3.05, 3.63) is 30.6 Å². The fraction of sp³-hybridized carbons (Fsp3) is 0.222. The van der Waals surface area contributed by atoms with Gasteiger partial charge in [-0.3, -0.25) is 4.98 Å². The van der Waals surface area contributed by atoms with Gasteiger partial charge in [0.2, 0.25) is 0 Å². The first kappa shape index (κ1) is 8.74.